The molecule has 4 rings (SSSR count). The second kappa shape index (κ2) is 14.4. The number of fused-ring (bicyclic) bond motifs is 1. The molecule has 0 bridgehead atoms. The van der Waals surface area contributed by atoms with Crippen LogP contribution in [0.2, 0.25) is 5.02 Å². The Morgan fingerprint density at radius 1 is 1.12 bits per heavy atom. The number of aryl methyl sites for hydroxylation is 1. The van der Waals surface area contributed by atoms with Crippen LogP contribution in [0.5, 0.6) is 5.75 Å². The zero-order valence-corrected chi connectivity index (χ0v) is 21.9. The number of rotatable bonds is 7. The maximum atomic E-state index is 9.11. The number of primary amides is 1. The first-order valence-electron chi connectivity index (χ1n) is 12.8. The highest BCUT2D eigenvalue weighted by Crippen LogP contribution is 2.40. The standard InChI is InChI=1S/C23H29ClO2.C5H10.CH3NO/c1-3-11-23(12-4-2)13-9-20-15-18(7-8-22(20)26-23)19-6-5-17(10-14-25)21(24)16-19;1-5-3-2-4-5;2-1-3/h5-8,15-16,25H,3-4,9-14H2,1-2H3;5H,2-4H2,1H3;1H,(H2,2,3). The van der Waals surface area contributed by atoms with Crippen molar-refractivity contribution in [1.82, 2.24) is 0 Å². The maximum Gasteiger partial charge on any atom is 0.204 e. The fourth-order valence-corrected chi connectivity index (χ4v) is 5.03. The van der Waals surface area contributed by atoms with Crippen LogP contribution in [0.4, 0.5) is 0 Å². The van der Waals surface area contributed by atoms with Crippen molar-refractivity contribution in [3.8, 4) is 16.9 Å². The van der Waals surface area contributed by atoms with Gasteiger partial charge in [-0.1, -0.05) is 82.7 Å². The lowest BCUT2D eigenvalue weighted by Crippen LogP contribution is -2.39. The highest BCUT2D eigenvalue weighted by Gasteiger charge is 2.34. The van der Waals surface area contributed by atoms with E-state index in [1.165, 1.54) is 30.4 Å². The Morgan fingerprint density at radius 2 is 1.71 bits per heavy atom. The molecule has 0 spiro atoms. The third-order valence-corrected chi connectivity index (χ3v) is 7.16. The highest BCUT2D eigenvalue weighted by atomic mass is 35.5. The van der Waals surface area contributed by atoms with Crippen LogP contribution in [0.1, 0.15) is 83.3 Å². The first-order valence-corrected chi connectivity index (χ1v) is 13.2. The van der Waals surface area contributed by atoms with Gasteiger partial charge in [0.15, 0.2) is 0 Å². The van der Waals surface area contributed by atoms with Crippen LogP contribution in [-0.4, -0.2) is 23.7 Å². The summed E-state index contributed by atoms with van der Waals surface area (Å²) in [4.78, 5) is 8.58. The molecule has 4 nitrogen and oxygen atoms in total. The lowest BCUT2D eigenvalue weighted by atomic mass is 9.83. The van der Waals surface area contributed by atoms with E-state index in [9.17, 15) is 0 Å². The van der Waals surface area contributed by atoms with Gasteiger partial charge in [0.1, 0.15) is 11.4 Å². The molecule has 1 fully saturated rings. The SMILES string of the molecule is CC1CCC1.CCCC1(CCC)CCc2cc(-c3ccc(CCO)c(Cl)c3)ccc2O1.NC=O. The summed E-state index contributed by atoms with van der Waals surface area (Å²) in [6.45, 7) is 6.91. The second-order valence-electron chi connectivity index (χ2n) is 9.56. The summed E-state index contributed by atoms with van der Waals surface area (Å²) >= 11 is 6.37. The Labute approximate surface area is 210 Å². The summed E-state index contributed by atoms with van der Waals surface area (Å²) in [5, 5.41) is 9.83. The molecule has 0 atom stereocenters. The monoisotopic (exact) mass is 487 g/mol. The Morgan fingerprint density at radius 3 is 2.21 bits per heavy atom. The summed E-state index contributed by atoms with van der Waals surface area (Å²) in [7, 11) is 0. The molecule has 1 saturated carbocycles. The van der Waals surface area contributed by atoms with Gasteiger partial charge in [0.05, 0.1) is 0 Å². The Kier molecular flexibility index (Phi) is 11.9. The van der Waals surface area contributed by atoms with Crippen molar-refractivity contribution in [2.24, 2.45) is 11.7 Å². The van der Waals surface area contributed by atoms with Gasteiger partial charge in [0.25, 0.3) is 0 Å². The molecular formula is C29H42ClNO3. The van der Waals surface area contributed by atoms with E-state index in [0.717, 1.165) is 66.3 Å². The van der Waals surface area contributed by atoms with Crippen molar-refractivity contribution in [3.63, 3.8) is 0 Å². The average Bonchev–Trinajstić information content (AvgIpc) is 2.80. The highest BCUT2D eigenvalue weighted by molar-refractivity contribution is 6.31. The molecule has 2 aromatic carbocycles. The molecular weight excluding hydrogens is 446 g/mol. The van der Waals surface area contributed by atoms with Crippen LogP contribution in [0.3, 0.4) is 0 Å². The van der Waals surface area contributed by atoms with Gasteiger partial charge in [-0.3, -0.25) is 4.79 Å². The number of nitrogens with two attached hydrogens (primary N) is 1. The molecule has 188 valence electrons. The Hall–Kier alpha value is -2.04. The quantitative estimate of drug-likeness (QED) is 0.408. The van der Waals surface area contributed by atoms with Crippen molar-refractivity contribution in [2.75, 3.05) is 6.61 Å². The van der Waals surface area contributed by atoms with Gasteiger partial charge in [-0.15, -0.1) is 0 Å². The van der Waals surface area contributed by atoms with Crippen molar-refractivity contribution in [3.05, 3.63) is 52.5 Å². The van der Waals surface area contributed by atoms with E-state index in [0.29, 0.717) is 6.42 Å². The zero-order chi connectivity index (χ0) is 25.0. The molecule has 0 unspecified atom stereocenters. The number of benzene rings is 2. The Balaban J connectivity index is 0.000000436. The van der Waals surface area contributed by atoms with E-state index in [2.05, 4.69) is 50.8 Å². The van der Waals surface area contributed by atoms with E-state index >= 15 is 0 Å². The molecule has 1 aliphatic carbocycles. The van der Waals surface area contributed by atoms with Gasteiger partial charge in [0, 0.05) is 11.6 Å². The minimum absolute atomic E-state index is 0.0211. The van der Waals surface area contributed by atoms with Crippen LogP contribution < -0.4 is 10.5 Å². The smallest absolute Gasteiger partial charge is 0.204 e. The second-order valence-corrected chi connectivity index (χ2v) is 9.97. The molecule has 34 heavy (non-hydrogen) atoms. The molecule has 2 aliphatic rings. The summed E-state index contributed by atoms with van der Waals surface area (Å²) in [6.07, 6.45) is 12.0. The normalized spacial score (nSPS) is 15.9. The number of aliphatic hydroxyl groups excluding tert-OH is 1. The largest absolute Gasteiger partial charge is 0.487 e. The van der Waals surface area contributed by atoms with Gasteiger partial charge in [-0.2, -0.15) is 0 Å². The number of halogens is 1. The molecule has 0 saturated heterocycles. The van der Waals surface area contributed by atoms with E-state index in [4.69, 9.17) is 26.2 Å². The van der Waals surface area contributed by atoms with Crippen LogP contribution >= 0.6 is 11.6 Å². The van der Waals surface area contributed by atoms with E-state index in [1.54, 1.807) is 0 Å². The fourth-order valence-electron chi connectivity index (χ4n) is 4.75. The molecule has 1 amide bonds. The first-order chi connectivity index (χ1) is 16.4. The summed E-state index contributed by atoms with van der Waals surface area (Å²) in [6, 6.07) is 12.6. The summed E-state index contributed by atoms with van der Waals surface area (Å²) < 4.78 is 6.51. The maximum absolute atomic E-state index is 9.11. The van der Waals surface area contributed by atoms with Gasteiger partial charge >= 0.3 is 0 Å². The minimum atomic E-state index is 0.0211. The topological polar surface area (TPSA) is 72.6 Å². The molecule has 2 aromatic rings. The van der Waals surface area contributed by atoms with E-state index < -0.39 is 0 Å². The lowest BCUT2D eigenvalue weighted by molar-refractivity contribution is -0.106. The molecule has 1 heterocycles. The van der Waals surface area contributed by atoms with Crippen molar-refractivity contribution in [1.29, 1.82) is 0 Å². The van der Waals surface area contributed by atoms with Gasteiger partial charge < -0.3 is 15.6 Å². The lowest BCUT2D eigenvalue weighted by Gasteiger charge is -2.39. The fraction of sp³-hybridized carbons (Fsp3) is 0.552. The van der Waals surface area contributed by atoms with Crippen LogP contribution in [0, 0.1) is 5.92 Å². The number of carbonyl (C=O) groups is 1. The Bertz CT molecular complexity index is 889. The minimum Gasteiger partial charge on any atom is -0.487 e. The number of carbonyl (C=O) groups excluding carboxylic acids is 1. The van der Waals surface area contributed by atoms with Crippen molar-refractivity contribution < 1.29 is 14.6 Å². The zero-order valence-electron chi connectivity index (χ0n) is 21.1. The third kappa shape index (κ3) is 8.02. The molecule has 3 N–H and O–H groups in total. The number of aliphatic hydroxyl groups is 1. The summed E-state index contributed by atoms with van der Waals surface area (Å²) in [5.74, 6) is 2.11. The predicted octanol–water partition coefficient (Wildman–Crippen LogP) is 7.11. The van der Waals surface area contributed by atoms with Crippen LogP contribution in [-0.2, 0) is 17.6 Å². The van der Waals surface area contributed by atoms with Gasteiger partial charge in [-0.25, -0.2) is 0 Å². The van der Waals surface area contributed by atoms with E-state index in [1.807, 2.05) is 12.1 Å². The third-order valence-electron chi connectivity index (χ3n) is 6.81. The van der Waals surface area contributed by atoms with Crippen LogP contribution in [0.15, 0.2) is 36.4 Å². The number of hydrogen-bond acceptors (Lipinski definition) is 3. The molecule has 0 aromatic heterocycles. The van der Waals surface area contributed by atoms with E-state index in [-0.39, 0.29) is 18.6 Å². The molecule has 1 aliphatic heterocycles. The van der Waals surface area contributed by atoms with Gasteiger partial charge in [-0.05, 0) is 78.5 Å². The van der Waals surface area contributed by atoms with Crippen molar-refractivity contribution >= 4 is 18.0 Å². The molecule has 5 heteroatoms. The average molecular weight is 488 g/mol. The summed E-state index contributed by atoms with van der Waals surface area (Å²) in [5.41, 5.74) is 8.75. The van der Waals surface area contributed by atoms with Crippen molar-refractivity contribution in [2.45, 2.75) is 90.6 Å². The number of ether oxygens (including phenoxy) is 1. The van der Waals surface area contributed by atoms with Gasteiger partial charge in [0.2, 0.25) is 6.41 Å². The predicted molar refractivity (Wildman–Crippen MR) is 142 cm³/mol. The number of amides is 1. The number of hydrogen-bond donors (Lipinski definition) is 2. The molecule has 0 radical (unpaired) electrons. The van der Waals surface area contributed by atoms with Crippen LogP contribution in [0.25, 0.3) is 11.1 Å². The first kappa shape index (κ1) is 28.2.